The molecule has 0 amide bonds. The predicted molar refractivity (Wildman–Crippen MR) is 65.2 cm³/mol. The number of aliphatic hydroxyl groups excluding tert-OH is 1. The maximum absolute atomic E-state index is 12.1. The number of methoxy groups -OCH3 is 1. The Balaban J connectivity index is 3.52. The van der Waals surface area contributed by atoms with Gasteiger partial charge in [-0.1, -0.05) is 0 Å². The molecular formula is C13H14O6. The van der Waals surface area contributed by atoms with Crippen molar-refractivity contribution < 1.29 is 29.3 Å². The lowest BCUT2D eigenvalue weighted by Gasteiger charge is -2.20. The number of carbonyl (C=O) groups excluding carboxylic acids is 2. The third-order valence-electron chi connectivity index (χ3n) is 2.93. The Bertz CT molecular complexity index is 547. The zero-order chi connectivity index (χ0) is 14.7. The minimum Gasteiger partial charge on any atom is -0.496 e. The Morgan fingerprint density at radius 1 is 1.21 bits per heavy atom. The molecular weight excluding hydrogens is 252 g/mol. The van der Waals surface area contributed by atoms with Gasteiger partial charge in [-0.15, -0.1) is 0 Å². The van der Waals surface area contributed by atoms with Crippen molar-refractivity contribution in [2.24, 2.45) is 0 Å². The first-order valence-electron chi connectivity index (χ1n) is 5.45. The second-order valence-electron chi connectivity index (χ2n) is 3.97. The Morgan fingerprint density at radius 3 is 2.16 bits per heavy atom. The lowest BCUT2D eigenvalue weighted by molar-refractivity contribution is -0.131. The molecule has 1 rings (SSSR count). The topological polar surface area (TPSA) is 101 Å². The molecule has 0 aromatic carbocycles. The number of ketones is 2. The fourth-order valence-corrected chi connectivity index (χ4v) is 1.76. The van der Waals surface area contributed by atoms with Crippen molar-refractivity contribution in [3.05, 3.63) is 34.1 Å². The van der Waals surface area contributed by atoms with Gasteiger partial charge in [-0.05, 0) is 13.8 Å². The molecule has 0 aromatic rings. The maximum Gasteiger partial charge on any atom is 0.332 e. The van der Waals surface area contributed by atoms with Crippen LogP contribution in [-0.2, 0) is 19.1 Å². The van der Waals surface area contributed by atoms with E-state index in [0.29, 0.717) is 6.08 Å². The summed E-state index contributed by atoms with van der Waals surface area (Å²) >= 11 is 0. The highest BCUT2D eigenvalue weighted by molar-refractivity contribution is 6.26. The van der Waals surface area contributed by atoms with Crippen molar-refractivity contribution in [1.29, 1.82) is 0 Å². The summed E-state index contributed by atoms with van der Waals surface area (Å²) < 4.78 is 4.85. The summed E-state index contributed by atoms with van der Waals surface area (Å²) in [5.41, 5.74) is 0.108. The van der Waals surface area contributed by atoms with E-state index in [9.17, 15) is 19.5 Å². The zero-order valence-corrected chi connectivity index (χ0v) is 10.8. The van der Waals surface area contributed by atoms with Gasteiger partial charge in [-0.25, -0.2) is 4.79 Å². The van der Waals surface area contributed by atoms with Crippen LogP contribution in [0.3, 0.4) is 0 Å². The standard InChI is InChI=1S/C13H14O6/c1-6-7(2)13(18)11(8(5-14)12(6)17)9(19-3)4-10(15)16/h4,14H,5H2,1-3H3,(H,15,16)/b9-4+. The monoisotopic (exact) mass is 266 g/mol. The van der Waals surface area contributed by atoms with Crippen LogP contribution in [0.2, 0.25) is 0 Å². The number of carboxylic acids is 1. The van der Waals surface area contributed by atoms with E-state index in [4.69, 9.17) is 9.84 Å². The van der Waals surface area contributed by atoms with Crippen LogP contribution in [0.4, 0.5) is 0 Å². The molecule has 1 aliphatic carbocycles. The number of carbonyl (C=O) groups is 3. The summed E-state index contributed by atoms with van der Waals surface area (Å²) in [4.78, 5) is 34.8. The van der Waals surface area contributed by atoms with Gasteiger partial charge in [-0.3, -0.25) is 9.59 Å². The van der Waals surface area contributed by atoms with E-state index in [0.717, 1.165) is 0 Å². The van der Waals surface area contributed by atoms with Crippen LogP contribution in [0.5, 0.6) is 0 Å². The lowest BCUT2D eigenvalue weighted by Crippen LogP contribution is -2.25. The minimum absolute atomic E-state index is 0.151. The molecule has 2 N–H and O–H groups in total. The highest BCUT2D eigenvalue weighted by atomic mass is 16.5. The molecule has 0 saturated carbocycles. The fraction of sp³-hybridized carbons (Fsp3) is 0.308. The molecule has 6 nitrogen and oxygen atoms in total. The van der Waals surface area contributed by atoms with Crippen LogP contribution < -0.4 is 0 Å². The molecule has 0 spiro atoms. The zero-order valence-electron chi connectivity index (χ0n) is 10.8. The second kappa shape index (κ2) is 5.62. The number of rotatable bonds is 4. The quantitative estimate of drug-likeness (QED) is 0.433. The third kappa shape index (κ3) is 2.63. The fourth-order valence-electron chi connectivity index (χ4n) is 1.76. The first-order valence-corrected chi connectivity index (χ1v) is 5.45. The molecule has 0 aromatic heterocycles. The number of aliphatic hydroxyl groups is 1. The third-order valence-corrected chi connectivity index (χ3v) is 2.93. The molecule has 0 fully saturated rings. The Hall–Kier alpha value is -2.21. The molecule has 1 aliphatic rings. The van der Waals surface area contributed by atoms with E-state index in [1.165, 1.54) is 21.0 Å². The predicted octanol–water partition coefficient (Wildman–Crippen LogP) is 0.378. The maximum atomic E-state index is 12.1. The summed E-state index contributed by atoms with van der Waals surface area (Å²) in [7, 11) is 1.19. The number of hydrogen-bond donors (Lipinski definition) is 2. The number of Topliss-reactive ketones (excluding diaryl/α,β-unsaturated/α-hetero) is 2. The smallest absolute Gasteiger partial charge is 0.332 e. The van der Waals surface area contributed by atoms with Crippen molar-refractivity contribution in [1.82, 2.24) is 0 Å². The summed E-state index contributed by atoms with van der Waals surface area (Å²) in [5.74, 6) is -2.56. The molecule has 0 unspecified atom stereocenters. The minimum atomic E-state index is -1.31. The molecule has 6 heteroatoms. The normalized spacial score (nSPS) is 17.2. The Morgan fingerprint density at radius 2 is 1.74 bits per heavy atom. The summed E-state index contributed by atoms with van der Waals surface area (Å²) in [6.45, 7) is 2.29. The van der Waals surface area contributed by atoms with Gasteiger partial charge >= 0.3 is 5.97 Å². The molecule has 102 valence electrons. The van der Waals surface area contributed by atoms with Crippen LogP contribution in [0.15, 0.2) is 34.1 Å². The van der Waals surface area contributed by atoms with Crippen LogP contribution in [0, 0.1) is 0 Å². The highest BCUT2D eigenvalue weighted by Crippen LogP contribution is 2.29. The molecule has 0 aliphatic heterocycles. The highest BCUT2D eigenvalue weighted by Gasteiger charge is 2.32. The van der Waals surface area contributed by atoms with Gasteiger partial charge in [0.25, 0.3) is 0 Å². The number of ether oxygens (including phenoxy) is 1. The van der Waals surface area contributed by atoms with Gasteiger partial charge in [0.1, 0.15) is 5.76 Å². The van der Waals surface area contributed by atoms with Crippen molar-refractivity contribution in [3.63, 3.8) is 0 Å². The van der Waals surface area contributed by atoms with E-state index in [-0.39, 0.29) is 28.1 Å². The van der Waals surface area contributed by atoms with Crippen LogP contribution in [-0.4, -0.2) is 41.5 Å². The average Bonchev–Trinajstić information content (AvgIpc) is 2.37. The van der Waals surface area contributed by atoms with Crippen molar-refractivity contribution in [2.75, 3.05) is 13.7 Å². The molecule has 0 saturated heterocycles. The molecule has 0 bridgehead atoms. The van der Waals surface area contributed by atoms with E-state index in [2.05, 4.69) is 0 Å². The molecule has 0 heterocycles. The molecule has 19 heavy (non-hydrogen) atoms. The van der Waals surface area contributed by atoms with Gasteiger partial charge in [0.2, 0.25) is 0 Å². The largest absolute Gasteiger partial charge is 0.496 e. The van der Waals surface area contributed by atoms with Gasteiger partial charge in [0.15, 0.2) is 11.6 Å². The second-order valence-corrected chi connectivity index (χ2v) is 3.97. The van der Waals surface area contributed by atoms with Crippen LogP contribution in [0.1, 0.15) is 13.8 Å². The first-order chi connectivity index (χ1) is 8.84. The molecule has 0 radical (unpaired) electrons. The number of aliphatic carboxylic acids is 1. The average molecular weight is 266 g/mol. The van der Waals surface area contributed by atoms with Gasteiger partial charge in [0.05, 0.1) is 25.4 Å². The number of allylic oxidation sites excluding steroid dienone is 3. The van der Waals surface area contributed by atoms with E-state index in [1.54, 1.807) is 0 Å². The van der Waals surface area contributed by atoms with Gasteiger partial charge < -0.3 is 14.9 Å². The molecule has 0 atom stereocenters. The lowest BCUT2D eigenvalue weighted by atomic mass is 9.84. The van der Waals surface area contributed by atoms with Crippen LogP contribution >= 0.6 is 0 Å². The van der Waals surface area contributed by atoms with E-state index in [1.807, 2.05) is 0 Å². The number of carboxylic acid groups (broad SMARTS) is 1. The Labute approximate surface area is 109 Å². The van der Waals surface area contributed by atoms with Crippen molar-refractivity contribution >= 4 is 17.5 Å². The first kappa shape index (κ1) is 14.8. The summed E-state index contributed by atoms with van der Waals surface area (Å²) in [6.07, 6.45) is 0.685. The van der Waals surface area contributed by atoms with E-state index < -0.39 is 24.1 Å². The van der Waals surface area contributed by atoms with Crippen LogP contribution in [0.25, 0.3) is 0 Å². The summed E-state index contributed by atoms with van der Waals surface area (Å²) in [5, 5.41) is 18.0. The van der Waals surface area contributed by atoms with E-state index >= 15 is 0 Å². The Kier molecular flexibility index (Phi) is 4.39. The SMILES string of the molecule is CO/C(=C/C(=O)O)C1=C(CO)C(=O)C(C)=C(C)C1=O. The summed E-state index contributed by atoms with van der Waals surface area (Å²) in [6, 6.07) is 0. The van der Waals surface area contributed by atoms with Gasteiger partial charge in [0, 0.05) is 16.7 Å². The van der Waals surface area contributed by atoms with Gasteiger partial charge in [-0.2, -0.15) is 0 Å². The van der Waals surface area contributed by atoms with Crippen molar-refractivity contribution in [2.45, 2.75) is 13.8 Å². The van der Waals surface area contributed by atoms with Crippen molar-refractivity contribution in [3.8, 4) is 0 Å². The number of hydrogen-bond acceptors (Lipinski definition) is 5.